The zero-order valence-electron chi connectivity index (χ0n) is 8.70. The van der Waals surface area contributed by atoms with E-state index in [0.717, 1.165) is 9.35 Å². The summed E-state index contributed by atoms with van der Waals surface area (Å²) in [6, 6.07) is 1.83. The second kappa shape index (κ2) is 4.55. The van der Waals surface area contributed by atoms with Crippen LogP contribution in [-0.4, -0.2) is 29.8 Å². The Kier molecular flexibility index (Phi) is 3.30. The van der Waals surface area contributed by atoms with E-state index in [-0.39, 0.29) is 24.4 Å². The highest BCUT2D eigenvalue weighted by Gasteiger charge is 2.30. The third kappa shape index (κ3) is 2.44. The van der Waals surface area contributed by atoms with Crippen LogP contribution in [0.3, 0.4) is 0 Å². The predicted molar refractivity (Wildman–Crippen MR) is 65.5 cm³/mol. The van der Waals surface area contributed by atoms with E-state index in [0.29, 0.717) is 6.54 Å². The molecule has 0 saturated carbocycles. The normalized spacial score (nSPS) is 20.0. The largest absolute Gasteiger partial charge is 0.329 e. The van der Waals surface area contributed by atoms with Crippen LogP contribution in [-0.2, 0) is 4.79 Å². The number of nitrogens with one attached hydrogen (secondary N) is 1. The first-order valence-electron chi connectivity index (χ1n) is 4.85. The summed E-state index contributed by atoms with van der Waals surface area (Å²) in [7, 11) is 0. The average molecular weight is 303 g/mol. The lowest BCUT2D eigenvalue weighted by molar-refractivity contribution is -0.117. The standard InChI is InChI=1S/C10H11BrN2O2S/c1-6(14)3-13-4-8(12-10(13)15)9-2-7(11)5-16-9/h2,5,8H,3-4H2,1H3,(H,12,15). The van der Waals surface area contributed by atoms with E-state index < -0.39 is 0 Å². The highest BCUT2D eigenvalue weighted by atomic mass is 79.9. The molecular weight excluding hydrogens is 292 g/mol. The Morgan fingerprint density at radius 3 is 3.06 bits per heavy atom. The summed E-state index contributed by atoms with van der Waals surface area (Å²) in [5, 5.41) is 4.84. The minimum Gasteiger partial charge on any atom is -0.329 e. The summed E-state index contributed by atoms with van der Waals surface area (Å²) in [5.41, 5.74) is 0. The number of halogens is 1. The van der Waals surface area contributed by atoms with Gasteiger partial charge in [-0.25, -0.2) is 4.79 Å². The minimum absolute atomic E-state index is 0.00292. The van der Waals surface area contributed by atoms with E-state index >= 15 is 0 Å². The van der Waals surface area contributed by atoms with Crippen LogP contribution >= 0.6 is 27.3 Å². The van der Waals surface area contributed by atoms with Crippen molar-refractivity contribution in [3.05, 3.63) is 20.8 Å². The molecule has 0 radical (unpaired) electrons. The molecule has 1 N–H and O–H groups in total. The first-order valence-corrected chi connectivity index (χ1v) is 6.52. The van der Waals surface area contributed by atoms with Gasteiger partial charge in [0.15, 0.2) is 0 Å². The summed E-state index contributed by atoms with van der Waals surface area (Å²) in [5.74, 6) is 0.00293. The fourth-order valence-electron chi connectivity index (χ4n) is 1.67. The third-order valence-electron chi connectivity index (χ3n) is 2.33. The molecule has 1 saturated heterocycles. The third-order valence-corrected chi connectivity index (χ3v) is 4.14. The Morgan fingerprint density at radius 1 is 1.75 bits per heavy atom. The number of ketones is 1. The van der Waals surface area contributed by atoms with E-state index in [1.807, 2.05) is 11.4 Å². The molecule has 1 aromatic rings. The molecule has 86 valence electrons. The van der Waals surface area contributed by atoms with Gasteiger partial charge in [-0.05, 0) is 28.9 Å². The van der Waals surface area contributed by atoms with E-state index in [2.05, 4.69) is 21.2 Å². The summed E-state index contributed by atoms with van der Waals surface area (Å²) >= 11 is 4.98. The van der Waals surface area contributed by atoms with Crippen LogP contribution in [0.4, 0.5) is 4.79 Å². The molecule has 0 bridgehead atoms. The van der Waals surface area contributed by atoms with Gasteiger partial charge in [0.1, 0.15) is 5.78 Å². The molecular formula is C10H11BrN2O2S. The van der Waals surface area contributed by atoms with E-state index in [1.165, 1.54) is 6.92 Å². The van der Waals surface area contributed by atoms with Crippen LogP contribution in [0.2, 0.25) is 0 Å². The highest BCUT2D eigenvalue weighted by Crippen LogP contribution is 2.28. The molecule has 1 atom stereocenters. The lowest BCUT2D eigenvalue weighted by Gasteiger charge is -2.11. The second-order valence-electron chi connectivity index (χ2n) is 3.75. The van der Waals surface area contributed by atoms with Gasteiger partial charge in [0.05, 0.1) is 12.6 Å². The molecule has 4 nitrogen and oxygen atoms in total. The summed E-state index contributed by atoms with van der Waals surface area (Å²) in [4.78, 5) is 25.2. The van der Waals surface area contributed by atoms with Crippen molar-refractivity contribution >= 4 is 39.1 Å². The Morgan fingerprint density at radius 2 is 2.50 bits per heavy atom. The Hall–Kier alpha value is -0.880. The summed E-state index contributed by atoms with van der Waals surface area (Å²) in [6.45, 7) is 2.24. The van der Waals surface area contributed by atoms with Crippen molar-refractivity contribution in [3.63, 3.8) is 0 Å². The van der Waals surface area contributed by atoms with Gasteiger partial charge < -0.3 is 10.2 Å². The van der Waals surface area contributed by atoms with Gasteiger partial charge in [-0.3, -0.25) is 4.79 Å². The van der Waals surface area contributed by atoms with Crippen molar-refractivity contribution in [2.75, 3.05) is 13.1 Å². The number of Topliss-reactive ketones (excluding diaryl/α,β-unsaturated/α-hetero) is 1. The molecule has 16 heavy (non-hydrogen) atoms. The molecule has 2 heterocycles. The Labute approximate surface area is 106 Å². The van der Waals surface area contributed by atoms with Crippen molar-refractivity contribution in [2.45, 2.75) is 13.0 Å². The topological polar surface area (TPSA) is 49.4 Å². The van der Waals surface area contributed by atoms with Crippen molar-refractivity contribution in [1.29, 1.82) is 0 Å². The maximum absolute atomic E-state index is 11.6. The molecule has 6 heteroatoms. The van der Waals surface area contributed by atoms with Crippen LogP contribution in [0, 0.1) is 0 Å². The van der Waals surface area contributed by atoms with Gasteiger partial charge in [-0.2, -0.15) is 0 Å². The van der Waals surface area contributed by atoms with Crippen molar-refractivity contribution in [3.8, 4) is 0 Å². The molecule has 0 spiro atoms. The van der Waals surface area contributed by atoms with E-state index in [1.54, 1.807) is 16.2 Å². The van der Waals surface area contributed by atoms with Crippen LogP contribution in [0.15, 0.2) is 15.9 Å². The van der Waals surface area contributed by atoms with Gasteiger partial charge in [0.25, 0.3) is 0 Å². The van der Waals surface area contributed by atoms with Crippen LogP contribution in [0.25, 0.3) is 0 Å². The molecule has 0 aliphatic carbocycles. The van der Waals surface area contributed by atoms with Crippen LogP contribution < -0.4 is 5.32 Å². The van der Waals surface area contributed by atoms with Gasteiger partial charge in [-0.1, -0.05) is 0 Å². The number of nitrogens with zero attached hydrogens (tertiary/aromatic N) is 1. The molecule has 2 rings (SSSR count). The molecule has 1 aromatic heterocycles. The number of thiophene rings is 1. The summed E-state index contributed by atoms with van der Waals surface area (Å²) < 4.78 is 1.02. The molecule has 0 aromatic carbocycles. The number of hydrogen-bond donors (Lipinski definition) is 1. The fourth-order valence-corrected chi connectivity index (χ4v) is 3.15. The van der Waals surface area contributed by atoms with E-state index in [4.69, 9.17) is 0 Å². The van der Waals surface area contributed by atoms with Gasteiger partial charge in [-0.15, -0.1) is 11.3 Å². The van der Waals surface area contributed by atoms with Crippen LogP contribution in [0.5, 0.6) is 0 Å². The number of carbonyl (C=O) groups is 2. The SMILES string of the molecule is CC(=O)CN1CC(c2cc(Br)cs2)NC1=O. The zero-order chi connectivity index (χ0) is 11.7. The van der Waals surface area contributed by atoms with Crippen molar-refractivity contribution in [1.82, 2.24) is 10.2 Å². The quantitative estimate of drug-likeness (QED) is 0.930. The van der Waals surface area contributed by atoms with E-state index in [9.17, 15) is 9.59 Å². The molecule has 1 aliphatic heterocycles. The first kappa shape index (κ1) is 11.6. The number of urea groups is 1. The maximum atomic E-state index is 11.6. The first-order chi connectivity index (χ1) is 7.56. The Balaban J connectivity index is 2.06. The van der Waals surface area contributed by atoms with Gasteiger partial charge >= 0.3 is 6.03 Å². The second-order valence-corrected chi connectivity index (χ2v) is 5.61. The lowest BCUT2D eigenvalue weighted by Crippen LogP contribution is -2.32. The number of carbonyl (C=O) groups excluding carboxylic acids is 2. The Bertz CT molecular complexity index is 432. The minimum atomic E-state index is -0.162. The van der Waals surface area contributed by atoms with Gasteiger partial charge in [0.2, 0.25) is 0 Å². The predicted octanol–water partition coefficient (Wildman–Crippen LogP) is 2.17. The van der Waals surface area contributed by atoms with Crippen molar-refractivity contribution < 1.29 is 9.59 Å². The number of hydrogen-bond acceptors (Lipinski definition) is 3. The smallest absolute Gasteiger partial charge is 0.318 e. The van der Waals surface area contributed by atoms with Crippen LogP contribution in [0.1, 0.15) is 17.8 Å². The number of rotatable bonds is 3. The van der Waals surface area contributed by atoms with Gasteiger partial charge in [0, 0.05) is 21.3 Å². The highest BCUT2D eigenvalue weighted by molar-refractivity contribution is 9.10. The lowest BCUT2D eigenvalue weighted by atomic mass is 10.2. The maximum Gasteiger partial charge on any atom is 0.318 e. The molecule has 1 unspecified atom stereocenters. The molecule has 1 fully saturated rings. The molecule has 2 amide bonds. The fraction of sp³-hybridized carbons (Fsp3) is 0.400. The number of amides is 2. The summed E-state index contributed by atoms with van der Waals surface area (Å²) in [6.07, 6.45) is 0. The van der Waals surface area contributed by atoms with Crippen molar-refractivity contribution in [2.24, 2.45) is 0 Å². The average Bonchev–Trinajstić information content (AvgIpc) is 2.74. The zero-order valence-corrected chi connectivity index (χ0v) is 11.1. The monoisotopic (exact) mass is 302 g/mol. The molecule has 1 aliphatic rings.